The number of halogens is 1. The molecule has 0 aromatic carbocycles. The molecular formula is C15H19ClN4O. The van der Waals surface area contributed by atoms with Crippen molar-refractivity contribution in [2.24, 2.45) is 0 Å². The van der Waals surface area contributed by atoms with Crippen molar-refractivity contribution in [3.05, 3.63) is 34.7 Å². The lowest BCUT2D eigenvalue weighted by molar-refractivity contribution is 0.0758. The Balaban J connectivity index is 2.03. The first-order chi connectivity index (χ1) is 10.2. The molecule has 1 aliphatic heterocycles. The first kappa shape index (κ1) is 14.4. The molecule has 112 valence electrons. The van der Waals surface area contributed by atoms with E-state index in [1.165, 1.54) is 0 Å². The van der Waals surface area contributed by atoms with E-state index in [4.69, 9.17) is 11.6 Å². The second-order valence-corrected chi connectivity index (χ2v) is 5.67. The van der Waals surface area contributed by atoms with Gasteiger partial charge in [-0.15, -0.1) is 0 Å². The molecule has 0 radical (unpaired) electrons. The Hall–Kier alpha value is -1.59. The molecule has 2 aromatic rings. The third kappa shape index (κ3) is 2.76. The van der Waals surface area contributed by atoms with Crippen LogP contribution >= 0.6 is 11.6 Å². The number of hydrogen-bond donors (Lipinski definition) is 1. The van der Waals surface area contributed by atoms with Gasteiger partial charge in [-0.05, 0) is 25.5 Å². The van der Waals surface area contributed by atoms with Crippen LogP contribution in [0.2, 0.25) is 5.02 Å². The summed E-state index contributed by atoms with van der Waals surface area (Å²) in [7, 11) is 0. The van der Waals surface area contributed by atoms with Crippen molar-refractivity contribution in [3.8, 4) is 0 Å². The summed E-state index contributed by atoms with van der Waals surface area (Å²) >= 11 is 6.02. The first-order valence-electron chi connectivity index (χ1n) is 7.37. The van der Waals surface area contributed by atoms with Crippen LogP contribution in [0.3, 0.4) is 0 Å². The monoisotopic (exact) mass is 306 g/mol. The van der Waals surface area contributed by atoms with Gasteiger partial charge in [0, 0.05) is 36.9 Å². The molecule has 0 bridgehead atoms. The highest BCUT2D eigenvalue weighted by molar-refractivity contribution is 6.30. The minimum absolute atomic E-state index is 0.0605. The maximum Gasteiger partial charge on any atom is 0.272 e. The van der Waals surface area contributed by atoms with Crippen LogP contribution in [0, 0.1) is 0 Å². The zero-order valence-corrected chi connectivity index (χ0v) is 12.9. The summed E-state index contributed by atoms with van der Waals surface area (Å²) in [6.07, 6.45) is 3.54. The van der Waals surface area contributed by atoms with Crippen LogP contribution in [0.15, 0.2) is 18.3 Å². The Morgan fingerprint density at radius 1 is 1.43 bits per heavy atom. The van der Waals surface area contributed by atoms with Gasteiger partial charge < -0.3 is 10.2 Å². The van der Waals surface area contributed by atoms with Gasteiger partial charge in [0.05, 0.1) is 5.69 Å². The van der Waals surface area contributed by atoms with Gasteiger partial charge in [0.2, 0.25) is 0 Å². The number of imidazole rings is 1. The van der Waals surface area contributed by atoms with E-state index in [1.807, 2.05) is 22.4 Å². The van der Waals surface area contributed by atoms with Crippen LogP contribution < -0.4 is 5.32 Å². The maximum absolute atomic E-state index is 12.9. The summed E-state index contributed by atoms with van der Waals surface area (Å²) in [4.78, 5) is 19.4. The lowest BCUT2D eigenvalue weighted by Gasteiger charge is -2.20. The summed E-state index contributed by atoms with van der Waals surface area (Å²) in [6, 6.07) is 3.58. The quantitative estimate of drug-likeness (QED) is 0.923. The number of carbonyl (C=O) groups is 1. The van der Waals surface area contributed by atoms with Crippen molar-refractivity contribution in [1.82, 2.24) is 19.6 Å². The molecule has 3 heterocycles. The van der Waals surface area contributed by atoms with E-state index in [9.17, 15) is 4.79 Å². The predicted molar refractivity (Wildman–Crippen MR) is 83.0 cm³/mol. The first-order valence-corrected chi connectivity index (χ1v) is 7.75. The standard InChI is InChI=1S/C15H19ClN4O/c1-2-12-14(15(21)19-7-3-5-17-6-9-19)20-8-4-11(16)10-13(20)18-12/h4,8,10,17H,2-3,5-7,9H2,1H3. The summed E-state index contributed by atoms with van der Waals surface area (Å²) in [5.41, 5.74) is 2.24. The van der Waals surface area contributed by atoms with Crippen molar-refractivity contribution in [2.45, 2.75) is 19.8 Å². The lowest BCUT2D eigenvalue weighted by atomic mass is 10.2. The number of amides is 1. The summed E-state index contributed by atoms with van der Waals surface area (Å²) in [5.74, 6) is 0.0605. The molecule has 0 spiro atoms. The number of nitrogens with zero attached hydrogens (tertiary/aromatic N) is 3. The van der Waals surface area contributed by atoms with Crippen LogP contribution in [0.4, 0.5) is 0 Å². The van der Waals surface area contributed by atoms with Gasteiger partial charge in [-0.1, -0.05) is 18.5 Å². The Labute approximate surface area is 128 Å². The van der Waals surface area contributed by atoms with Crippen LogP contribution in [0.25, 0.3) is 5.65 Å². The van der Waals surface area contributed by atoms with Crippen molar-refractivity contribution in [3.63, 3.8) is 0 Å². The molecule has 1 aliphatic rings. The van der Waals surface area contributed by atoms with Crippen LogP contribution in [-0.4, -0.2) is 46.4 Å². The number of carbonyl (C=O) groups excluding carboxylic acids is 1. The number of pyridine rings is 1. The van der Waals surface area contributed by atoms with Crippen molar-refractivity contribution < 1.29 is 4.79 Å². The molecule has 1 amide bonds. The van der Waals surface area contributed by atoms with Crippen molar-refractivity contribution in [2.75, 3.05) is 26.2 Å². The van der Waals surface area contributed by atoms with Crippen molar-refractivity contribution in [1.29, 1.82) is 0 Å². The molecule has 0 atom stereocenters. The highest BCUT2D eigenvalue weighted by Crippen LogP contribution is 2.19. The molecule has 0 aliphatic carbocycles. The van der Waals surface area contributed by atoms with E-state index in [1.54, 1.807) is 12.1 Å². The number of fused-ring (bicyclic) bond motifs is 1. The zero-order chi connectivity index (χ0) is 14.8. The summed E-state index contributed by atoms with van der Waals surface area (Å²) in [6.45, 7) is 5.35. The number of aryl methyl sites for hydroxylation is 1. The molecule has 1 N–H and O–H groups in total. The van der Waals surface area contributed by atoms with E-state index in [-0.39, 0.29) is 5.91 Å². The molecule has 0 unspecified atom stereocenters. The smallest absolute Gasteiger partial charge is 0.272 e. The fourth-order valence-corrected chi connectivity index (χ4v) is 2.89. The Morgan fingerprint density at radius 3 is 3.10 bits per heavy atom. The number of rotatable bonds is 2. The lowest BCUT2D eigenvalue weighted by Crippen LogP contribution is -2.35. The fraction of sp³-hybridized carbons (Fsp3) is 0.467. The van der Waals surface area contributed by atoms with Gasteiger partial charge in [0.25, 0.3) is 5.91 Å². The van der Waals surface area contributed by atoms with Gasteiger partial charge in [0.1, 0.15) is 11.3 Å². The molecule has 0 saturated carbocycles. The molecule has 5 nitrogen and oxygen atoms in total. The van der Waals surface area contributed by atoms with Gasteiger partial charge in [0.15, 0.2) is 0 Å². The molecule has 1 fully saturated rings. The number of nitrogens with one attached hydrogen (secondary N) is 1. The second kappa shape index (κ2) is 6.03. The highest BCUT2D eigenvalue weighted by atomic mass is 35.5. The zero-order valence-electron chi connectivity index (χ0n) is 12.1. The van der Waals surface area contributed by atoms with Gasteiger partial charge in [-0.2, -0.15) is 0 Å². The van der Waals surface area contributed by atoms with Crippen LogP contribution in [0.1, 0.15) is 29.5 Å². The van der Waals surface area contributed by atoms with E-state index in [0.717, 1.165) is 50.4 Å². The van der Waals surface area contributed by atoms with Crippen LogP contribution in [-0.2, 0) is 6.42 Å². The number of hydrogen-bond acceptors (Lipinski definition) is 3. The molecule has 6 heteroatoms. The predicted octanol–water partition coefficient (Wildman–Crippen LogP) is 1.99. The van der Waals surface area contributed by atoms with Crippen LogP contribution in [0.5, 0.6) is 0 Å². The summed E-state index contributed by atoms with van der Waals surface area (Å²) in [5, 5.41) is 3.95. The maximum atomic E-state index is 12.9. The van der Waals surface area contributed by atoms with E-state index in [2.05, 4.69) is 10.3 Å². The van der Waals surface area contributed by atoms with E-state index in [0.29, 0.717) is 10.7 Å². The average Bonchev–Trinajstić information content (AvgIpc) is 2.66. The van der Waals surface area contributed by atoms with Gasteiger partial charge in [-0.25, -0.2) is 4.98 Å². The minimum atomic E-state index is 0.0605. The molecule has 2 aromatic heterocycles. The SMILES string of the molecule is CCc1nc2cc(Cl)ccn2c1C(=O)N1CCCNCC1. The number of aromatic nitrogens is 2. The van der Waals surface area contributed by atoms with Crippen molar-refractivity contribution >= 4 is 23.2 Å². The second-order valence-electron chi connectivity index (χ2n) is 5.23. The molecular weight excluding hydrogens is 288 g/mol. The van der Waals surface area contributed by atoms with E-state index >= 15 is 0 Å². The molecule has 3 rings (SSSR count). The molecule has 1 saturated heterocycles. The largest absolute Gasteiger partial charge is 0.336 e. The topological polar surface area (TPSA) is 49.6 Å². The minimum Gasteiger partial charge on any atom is -0.336 e. The Kier molecular flexibility index (Phi) is 4.12. The van der Waals surface area contributed by atoms with Gasteiger partial charge in [-0.3, -0.25) is 9.20 Å². The highest BCUT2D eigenvalue weighted by Gasteiger charge is 2.24. The third-order valence-electron chi connectivity index (χ3n) is 3.83. The molecule has 21 heavy (non-hydrogen) atoms. The fourth-order valence-electron chi connectivity index (χ4n) is 2.74. The third-order valence-corrected chi connectivity index (χ3v) is 4.06. The average molecular weight is 307 g/mol. The van der Waals surface area contributed by atoms with Gasteiger partial charge >= 0.3 is 0 Å². The Bertz CT molecular complexity index is 659. The summed E-state index contributed by atoms with van der Waals surface area (Å²) < 4.78 is 1.85. The van der Waals surface area contributed by atoms with E-state index < -0.39 is 0 Å². The normalized spacial score (nSPS) is 16.2. The Morgan fingerprint density at radius 2 is 2.29 bits per heavy atom.